The summed E-state index contributed by atoms with van der Waals surface area (Å²) in [6.45, 7) is 4.55. The number of nitrogens with zero attached hydrogens (tertiary/aromatic N) is 1. The molecule has 0 atom stereocenters. The van der Waals surface area contributed by atoms with Crippen molar-refractivity contribution in [3.8, 4) is 0 Å². The van der Waals surface area contributed by atoms with Crippen LogP contribution >= 0.6 is 12.4 Å². The second-order valence-corrected chi connectivity index (χ2v) is 2.87. The van der Waals surface area contributed by atoms with Crippen LogP contribution in [0.1, 0.15) is 23.0 Å². The molecular formula is C10H15ClN2O2. The number of nitrogens with one attached hydrogen (secondary N) is 1. The van der Waals surface area contributed by atoms with Gasteiger partial charge in [-0.05, 0) is 26.0 Å². The van der Waals surface area contributed by atoms with Gasteiger partial charge in [0.15, 0.2) is 0 Å². The summed E-state index contributed by atoms with van der Waals surface area (Å²) in [6.07, 6.45) is 0. The predicted octanol–water partition coefficient (Wildman–Crippen LogP) is 2.03. The minimum Gasteiger partial charge on any atom is -0.465 e. The topological polar surface area (TPSA) is 51.2 Å². The number of carbonyl (C=O) groups excluding carboxylic acids is 1. The zero-order chi connectivity index (χ0) is 10.6. The van der Waals surface area contributed by atoms with Gasteiger partial charge < -0.3 is 10.1 Å². The van der Waals surface area contributed by atoms with Crippen LogP contribution in [0, 0.1) is 6.92 Å². The quantitative estimate of drug-likeness (QED) is 0.808. The molecule has 0 aliphatic rings. The molecule has 1 rings (SSSR count). The first kappa shape index (κ1) is 13.7. The number of hydrogen-bond acceptors (Lipinski definition) is 4. The molecule has 0 saturated carbocycles. The maximum Gasteiger partial charge on any atom is 0.341 e. The number of methoxy groups -OCH3 is 1. The number of ether oxygens (including phenoxy) is 1. The minimum absolute atomic E-state index is 0. The molecule has 1 N–H and O–H groups in total. The molecule has 1 heterocycles. The molecule has 0 radical (unpaired) electrons. The van der Waals surface area contributed by atoms with Gasteiger partial charge in [-0.2, -0.15) is 0 Å². The van der Waals surface area contributed by atoms with Gasteiger partial charge in [0.2, 0.25) is 0 Å². The molecule has 0 fully saturated rings. The van der Waals surface area contributed by atoms with Crippen molar-refractivity contribution in [2.45, 2.75) is 13.8 Å². The molecule has 15 heavy (non-hydrogen) atoms. The van der Waals surface area contributed by atoms with E-state index in [4.69, 9.17) is 0 Å². The van der Waals surface area contributed by atoms with E-state index in [1.807, 2.05) is 13.8 Å². The number of rotatable bonds is 3. The SMILES string of the molecule is CCNc1nc(C)ccc1C(=O)OC.Cl. The van der Waals surface area contributed by atoms with Crippen LogP contribution in [-0.4, -0.2) is 24.6 Å². The molecule has 0 saturated heterocycles. The van der Waals surface area contributed by atoms with E-state index < -0.39 is 0 Å². The van der Waals surface area contributed by atoms with Gasteiger partial charge in [-0.25, -0.2) is 9.78 Å². The van der Waals surface area contributed by atoms with E-state index in [1.165, 1.54) is 7.11 Å². The number of carbonyl (C=O) groups is 1. The van der Waals surface area contributed by atoms with E-state index in [2.05, 4.69) is 15.0 Å². The normalized spacial score (nSPS) is 9.00. The summed E-state index contributed by atoms with van der Waals surface area (Å²) < 4.78 is 4.64. The largest absolute Gasteiger partial charge is 0.465 e. The Hall–Kier alpha value is -1.29. The number of aryl methyl sites for hydroxylation is 1. The van der Waals surface area contributed by atoms with E-state index in [0.29, 0.717) is 11.4 Å². The van der Waals surface area contributed by atoms with Crippen LogP contribution in [0.3, 0.4) is 0 Å². The average Bonchev–Trinajstić information content (AvgIpc) is 2.17. The summed E-state index contributed by atoms with van der Waals surface area (Å²) in [6, 6.07) is 3.50. The standard InChI is InChI=1S/C10H14N2O2.ClH/c1-4-11-9-8(10(13)14-3)6-5-7(2)12-9;/h5-6H,4H2,1-3H3,(H,11,12);1H. The summed E-state index contributed by atoms with van der Waals surface area (Å²) in [5, 5.41) is 3.02. The maximum absolute atomic E-state index is 11.3. The number of aromatic nitrogens is 1. The van der Waals surface area contributed by atoms with E-state index in [-0.39, 0.29) is 18.4 Å². The van der Waals surface area contributed by atoms with Crippen LogP contribution in [0.25, 0.3) is 0 Å². The van der Waals surface area contributed by atoms with Crippen LogP contribution < -0.4 is 5.32 Å². The fourth-order valence-electron chi connectivity index (χ4n) is 1.13. The Morgan fingerprint density at radius 2 is 2.20 bits per heavy atom. The highest BCUT2D eigenvalue weighted by atomic mass is 35.5. The number of halogens is 1. The van der Waals surface area contributed by atoms with Crippen LogP contribution in [0.4, 0.5) is 5.82 Å². The predicted molar refractivity (Wildman–Crippen MR) is 61.7 cm³/mol. The maximum atomic E-state index is 11.3. The Morgan fingerprint density at radius 1 is 1.53 bits per heavy atom. The number of hydrogen-bond donors (Lipinski definition) is 1. The molecule has 0 aliphatic heterocycles. The summed E-state index contributed by atoms with van der Waals surface area (Å²) in [4.78, 5) is 15.5. The zero-order valence-corrected chi connectivity index (χ0v) is 9.85. The Balaban J connectivity index is 0.00000196. The molecule has 0 unspecified atom stereocenters. The van der Waals surface area contributed by atoms with Crippen molar-refractivity contribution in [2.24, 2.45) is 0 Å². The second-order valence-electron chi connectivity index (χ2n) is 2.87. The molecule has 0 spiro atoms. The smallest absolute Gasteiger partial charge is 0.341 e. The van der Waals surface area contributed by atoms with Crippen molar-refractivity contribution < 1.29 is 9.53 Å². The van der Waals surface area contributed by atoms with Crippen LogP contribution in [0.2, 0.25) is 0 Å². The minimum atomic E-state index is -0.367. The van der Waals surface area contributed by atoms with Crippen LogP contribution in [0.15, 0.2) is 12.1 Å². The van der Waals surface area contributed by atoms with E-state index in [0.717, 1.165) is 12.2 Å². The number of esters is 1. The van der Waals surface area contributed by atoms with Crippen molar-refractivity contribution in [1.29, 1.82) is 0 Å². The zero-order valence-electron chi connectivity index (χ0n) is 9.03. The molecule has 84 valence electrons. The van der Waals surface area contributed by atoms with Gasteiger partial charge >= 0.3 is 5.97 Å². The Bertz CT molecular complexity index is 342. The van der Waals surface area contributed by atoms with Gasteiger partial charge in [0.05, 0.1) is 7.11 Å². The third-order valence-corrected chi connectivity index (χ3v) is 1.78. The first-order valence-corrected chi connectivity index (χ1v) is 4.49. The molecular weight excluding hydrogens is 216 g/mol. The highest BCUT2D eigenvalue weighted by molar-refractivity contribution is 5.94. The lowest BCUT2D eigenvalue weighted by molar-refractivity contribution is 0.0601. The molecule has 0 aliphatic carbocycles. The molecule has 1 aromatic rings. The lowest BCUT2D eigenvalue weighted by atomic mass is 10.2. The van der Waals surface area contributed by atoms with Crippen molar-refractivity contribution in [2.75, 3.05) is 19.0 Å². The molecule has 0 bridgehead atoms. The fourth-order valence-corrected chi connectivity index (χ4v) is 1.13. The first-order valence-electron chi connectivity index (χ1n) is 4.49. The van der Waals surface area contributed by atoms with E-state index in [9.17, 15) is 4.79 Å². The molecule has 4 nitrogen and oxygen atoms in total. The molecule has 1 aromatic heterocycles. The lowest BCUT2D eigenvalue weighted by Crippen LogP contribution is -2.10. The van der Waals surface area contributed by atoms with Crippen molar-refractivity contribution in [3.05, 3.63) is 23.4 Å². The number of anilines is 1. The van der Waals surface area contributed by atoms with E-state index in [1.54, 1.807) is 12.1 Å². The number of pyridine rings is 1. The molecule has 0 aromatic carbocycles. The lowest BCUT2D eigenvalue weighted by Gasteiger charge is -2.08. The molecule has 5 heteroatoms. The van der Waals surface area contributed by atoms with Gasteiger partial charge in [0, 0.05) is 12.2 Å². The van der Waals surface area contributed by atoms with E-state index >= 15 is 0 Å². The van der Waals surface area contributed by atoms with Crippen molar-refractivity contribution in [1.82, 2.24) is 4.98 Å². The fraction of sp³-hybridized carbons (Fsp3) is 0.400. The van der Waals surface area contributed by atoms with Crippen molar-refractivity contribution in [3.63, 3.8) is 0 Å². The highest BCUT2D eigenvalue weighted by Gasteiger charge is 2.12. The monoisotopic (exact) mass is 230 g/mol. The third-order valence-electron chi connectivity index (χ3n) is 1.78. The second kappa shape index (κ2) is 6.24. The summed E-state index contributed by atoms with van der Waals surface area (Å²) in [5.41, 5.74) is 1.34. The summed E-state index contributed by atoms with van der Waals surface area (Å²) >= 11 is 0. The average molecular weight is 231 g/mol. The van der Waals surface area contributed by atoms with Crippen LogP contribution in [0.5, 0.6) is 0 Å². The highest BCUT2D eigenvalue weighted by Crippen LogP contribution is 2.14. The van der Waals surface area contributed by atoms with Gasteiger partial charge in [-0.15, -0.1) is 12.4 Å². The third kappa shape index (κ3) is 3.40. The first-order chi connectivity index (χ1) is 6.69. The van der Waals surface area contributed by atoms with Gasteiger partial charge in [-0.1, -0.05) is 0 Å². The van der Waals surface area contributed by atoms with Crippen LogP contribution in [-0.2, 0) is 4.74 Å². The van der Waals surface area contributed by atoms with Gasteiger partial charge in [-0.3, -0.25) is 0 Å². The summed E-state index contributed by atoms with van der Waals surface area (Å²) in [5.74, 6) is 0.216. The van der Waals surface area contributed by atoms with Gasteiger partial charge in [0.1, 0.15) is 11.4 Å². The summed E-state index contributed by atoms with van der Waals surface area (Å²) in [7, 11) is 1.36. The van der Waals surface area contributed by atoms with Crippen molar-refractivity contribution >= 4 is 24.2 Å². The Kier molecular flexibility index (Phi) is 5.70. The van der Waals surface area contributed by atoms with Gasteiger partial charge in [0.25, 0.3) is 0 Å². The molecule has 0 amide bonds. The Morgan fingerprint density at radius 3 is 2.73 bits per heavy atom. The Labute approximate surface area is 95.5 Å².